The van der Waals surface area contributed by atoms with Gasteiger partial charge < -0.3 is 0 Å². The van der Waals surface area contributed by atoms with Gasteiger partial charge in [-0.05, 0) is 58.7 Å². The summed E-state index contributed by atoms with van der Waals surface area (Å²) >= 11 is 12.5. The van der Waals surface area contributed by atoms with Crippen LogP contribution < -0.4 is 0 Å². The van der Waals surface area contributed by atoms with Crippen LogP contribution in [0.5, 0.6) is 0 Å². The molecule has 144 valence electrons. The third kappa shape index (κ3) is 3.47. The maximum absolute atomic E-state index is 6.42. The maximum atomic E-state index is 6.42. The SMILES string of the molecule is Clc1ccc(N=C2C(c3ccccc3)=C(c3ccccc3)c3cc(Cl)ccc32)cc1. The quantitative estimate of drug-likeness (QED) is 0.314. The van der Waals surface area contributed by atoms with E-state index in [0.717, 1.165) is 44.8 Å². The van der Waals surface area contributed by atoms with Crippen LogP contribution in [0.25, 0.3) is 11.1 Å². The molecule has 0 radical (unpaired) electrons. The fraction of sp³-hybridized carbons (Fsp3) is 0. The van der Waals surface area contributed by atoms with Gasteiger partial charge in [-0.2, -0.15) is 0 Å². The molecule has 0 saturated carbocycles. The lowest BCUT2D eigenvalue weighted by molar-refractivity contribution is 1.50. The van der Waals surface area contributed by atoms with E-state index in [2.05, 4.69) is 54.6 Å². The second-order valence-corrected chi connectivity index (χ2v) is 7.98. The van der Waals surface area contributed by atoms with Crippen molar-refractivity contribution in [2.45, 2.75) is 0 Å². The van der Waals surface area contributed by atoms with Crippen molar-refractivity contribution >= 4 is 45.7 Å². The molecule has 0 spiro atoms. The van der Waals surface area contributed by atoms with E-state index in [4.69, 9.17) is 28.2 Å². The average Bonchev–Trinajstić information content (AvgIpc) is 3.09. The largest absolute Gasteiger partial charge is 0.248 e. The van der Waals surface area contributed by atoms with Crippen LogP contribution in [-0.4, -0.2) is 5.71 Å². The first kappa shape index (κ1) is 18.9. The lowest BCUT2D eigenvalue weighted by Gasteiger charge is -2.10. The van der Waals surface area contributed by atoms with E-state index in [1.807, 2.05) is 48.5 Å². The van der Waals surface area contributed by atoms with E-state index < -0.39 is 0 Å². The molecule has 1 aliphatic rings. The predicted molar refractivity (Wildman–Crippen MR) is 128 cm³/mol. The van der Waals surface area contributed by atoms with Gasteiger partial charge in [0.05, 0.1) is 11.4 Å². The smallest absolute Gasteiger partial charge is 0.0800 e. The number of benzene rings is 4. The van der Waals surface area contributed by atoms with Gasteiger partial charge in [0.2, 0.25) is 0 Å². The summed E-state index contributed by atoms with van der Waals surface area (Å²) in [6, 6.07) is 34.4. The Morgan fingerprint density at radius 1 is 0.500 bits per heavy atom. The zero-order valence-corrected chi connectivity index (χ0v) is 17.5. The summed E-state index contributed by atoms with van der Waals surface area (Å²) in [7, 11) is 0. The van der Waals surface area contributed by atoms with Crippen molar-refractivity contribution in [1.29, 1.82) is 0 Å². The van der Waals surface area contributed by atoms with Crippen molar-refractivity contribution < 1.29 is 0 Å². The second kappa shape index (κ2) is 7.95. The van der Waals surface area contributed by atoms with Crippen molar-refractivity contribution in [3.05, 3.63) is 135 Å². The molecule has 4 aromatic carbocycles. The van der Waals surface area contributed by atoms with Gasteiger partial charge in [-0.1, -0.05) is 89.9 Å². The van der Waals surface area contributed by atoms with Crippen molar-refractivity contribution in [3.8, 4) is 0 Å². The zero-order valence-electron chi connectivity index (χ0n) is 16.0. The molecule has 0 bridgehead atoms. The molecule has 0 saturated heterocycles. The number of nitrogens with zero attached hydrogens (tertiary/aromatic N) is 1. The van der Waals surface area contributed by atoms with E-state index in [0.29, 0.717) is 10.0 Å². The Balaban J connectivity index is 1.84. The molecule has 4 aromatic rings. The first-order chi connectivity index (χ1) is 14.7. The average molecular weight is 426 g/mol. The Morgan fingerprint density at radius 2 is 1.07 bits per heavy atom. The maximum Gasteiger partial charge on any atom is 0.0800 e. The van der Waals surface area contributed by atoms with Crippen molar-refractivity contribution in [2.75, 3.05) is 0 Å². The summed E-state index contributed by atoms with van der Waals surface area (Å²) in [4.78, 5) is 5.06. The molecular formula is C27H17Cl2N. The first-order valence-electron chi connectivity index (χ1n) is 9.71. The van der Waals surface area contributed by atoms with Gasteiger partial charge in [0, 0.05) is 21.2 Å². The molecule has 5 rings (SSSR count). The number of hydrogen-bond acceptors (Lipinski definition) is 1. The molecule has 0 atom stereocenters. The highest BCUT2D eigenvalue weighted by atomic mass is 35.5. The third-order valence-corrected chi connectivity index (χ3v) is 5.67. The second-order valence-electron chi connectivity index (χ2n) is 7.11. The van der Waals surface area contributed by atoms with Gasteiger partial charge in [0.15, 0.2) is 0 Å². The molecule has 0 aliphatic heterocycles. The predicted octanol–water partition coefficient (Wildman–Crippen LogP) is 8.09. The fourth-order valence-electron chi connectivity index (χ4n) is 3.87. The number of aliphatic imine (C=N–C) groups is 1. The minimum absolute atomic E-state index is 0.696. The summed E-state index contributed by atoms with van der Waals surface area (Å²) in [5.74, 6) is 0. The van der Waals surface area contributed by atoms with Gasteiger partial charge >= 0.3 is 0 Å². The van der Waals surface area contributed by atoms with Gasteiger partial charge in [-0.3, -0.25) is 0 Å². The fourth-order valence-corrected chi connectivity index (χ4v) is 4.17. The molecule has 3 heteroatoms. The summed E-state index contributed by atoms with van der Waals surface area (Å²) in [5, 5.41) is 1.41. The highest BCUT2D eigenvalue weighted by Gasteiger charge is 2.30. The molecule has 1 nitrogen and oxygen atoms in total. The molecular weight excluding hydrogens is 409 g/mol. The standard InChI is InChI=1S/C27H17Cl2N/c28-20-11-14-22(15-12-20)30-27-23-16-13-21(29)17-24(23)25(18-7-3-1-4-8-18)26(27)19-9-5-2-6-10-19/h1-17H. The normalized spacial score (nSPS) is 14.3. The molecule has 0 amide bonds. The van der Waals surface area contributed by atoms with Crippen LogP contribution in [0.2, 0.25) is 10.0 Å². The number of allylic oxidation sites excluding steroid dienone is 1. The molecule has 0 heterocycles. The van der Waals surface area contributed by atoms with Crippen LogP contribution in [0.1, 0.15) is 22.3 Å². The first-order valence-corrected chi connectivity index (χ1v) is 10.5. The molecule has 30 heavy (non-hydrogen) atoms. The van der Waals surface area contributed by atoms with Gasteiger partial charge in [0.25, 0.3) is 0 Å². The molecule has 0 fully saturated rings. The lowest BCUT2D eigenvalue weighted by atomic mass is 9.94. The van der Waals surface area contributed by atoms with Gasteiger partial charge in [0.1, 0.15) is 0 Å². The molecule has 0 aromatic heterocycles. The van der Waals surface area contributed by atoms with Crippen LogP contribution in [0.3, 0.4) is 0 Å². The number of rotatable bonds is 3. The lowest BCUT2D eigenvalue weighted by Crippen LogP contribution is -2.00. The van der Waals surface area contributed by atoms with Crippen LogP contribution in [0.4, 0.5) is 5.69 Å². The van der Waals surface area contributed by atoms with E-state index in [9.17, 15) is 0 Å². The Morgan fingerprint density at radius 3 is 1.70 bits per heavy atom. The molecule has 1 aliphatic carbocycles. The molecule has 0 N–H and O–H groups in total. The minimum Gasteiger partial charge on any atom is -0.248 e. The minimum atomic E-state index is 0.696. The summed E-state index contributed by atoms with van der Waals surface area (Å²) < 4.78 is 0. The molecule has 0 unspecified atom stereocenters. The van der Waals surface area contributed by atoms with E-state index in [1.54, 1.807) is 0 Å². The third-order valence-electron chi connectivity index (χ3n) is 5.19. The van der Waals surface area contributed by atoms with Crippen molar-refractivity contribution in [3.63, 3.8) is 0 Å². The summed E-state index contributed by atoms with van der Waals surface area (Å²) in [5.41, 5.74) is 8.48. The Bertz CT molecular complexity index is 1270. The Kier molecular flexibility index (Phi) is 5.00. The van der Waals surface area contributed by atoms with Crippen molar-refractivity contribution in [2.24, 2.45) is 4.99 Å². The van der Waals surface area contributed by atoms with E-state index in [1.165, 1.54) is 0 Å². The Hall–Kier alpha value is -3.13. The van der Waals surface area contributed by atoms with Crippen LogP contribution in [0.15, 0.2) is 108 Å². The van der Waals surface area contributed by atoms with Crippen LogP contribution in [0, 0.1) is 0 Å². The number of hydrogen-bond donors (Lipinski definition) is 0. The van der Waals surface area contributed by atoms with Gasteiger partial charge in [-0.25, -0.2) is 4.99 Å². The topological polar surface area (TPSA) is 12.4 Å². The highest BCUT2D eigenvalue weighted by molar-refractivity contribution is 6.44. The monoisotopic (exact) mass is 425 g/mol. The summed E-state index contributed by atoms with van der Waals surface area (Å²) in [6.45, 7) is 0. The van der Waals surface area contributed by atoms with E-state index >= 15 is 0 Å². The summed E-state index contributed by atoms with van der Waals surface area (Å²) in [6.07, 6.45) is 0. The van der Waals surface area contributed by atoms with Crippen LogP contribution >= 0.6 is 23.2 Å². The highest BCUT2D eigenvalue weighted by Crippen LogP contribution is 2.44. The number of fused-ring (bicyclic) bond motifs is 1. The van der Waals surface area contributed by atoms with Gasteiger partial charge in [-0.15, -0.1) is 0 Å². The zero-order chi connectivity index (χ0) is 20.5. The van der Waals surface area contributed by atoms with Crippen LogP contribution in [-0.2, 0) is 0 Å². The van der Waals surface area contributed by atoms with Crippen molar-refractivity contribution in [1.82, 2.24) is 0 Å². The number of halogens is 2. The van der Waals surface area contributed by atoms with E-state index in [-0.39, 0.29) is 0 Å². The Labute approximate surface area is 186 Å².